The summed E-state index contributed by atoms with van der Waals surface area (Å²) in [5, 5.41) is 30.4. The Morgan fingerprint density at radius 1 is 1.18 bits per heavy atom. The van der Waals surface area contributed by atoms with Gasteiger partial charge in [-0.3, -0.25) is 0 Å². The molecule has 0 amide bonds. The summed E-state index contributed by atoms with van der Waals surface area (Å²) in [6, 6.07) is 7.13. The molecule has 0 saturated carbocycles. The molecule has 0 aliphatic heterocycles. The van der Waals surface area contributed by atoms with Gasteiger partial charge in [-0.05, 0) is 17.7 Å². The third-order valence-electron chi connectivity index (χ3n) is 2.43. The van der Waals surface area contributed by atoms with Gasteiger partial charge >= 0.3 is 0 Å². The summed E-state index contributed by atoms with van der Waals surface area (Å²) in [5.74, 6) is 0.740. The van der Waals surface area contributed by atoms with Crippen molar-refractivity contribution in [2.45, 2.75) is 12.2 Å². The first-order valence-electron chi connectivity index (χ1n) is 5.49. The first-order chi connectivity index (χ1) is 8.17. The molecule has 4 N–H and O–H groups in total. The van der Waals surface area contributed by atoms with Crippen LogP contribution in [-0.4, -0.2) is 48.2 Å². The van der Waals surface area contributed by atoms with E-state index in [4.69, 9.17) is 14.9 Å². The molecule has 2 unspecified atom stereocenters. The highest BCUT2D eigenvalue weighted by Gasteiger charge is 2.08. The van der Waals surface area contributed by atoms with Gasteiger partial charge in [-0.25, -0.2) is 0 Å². The number of nitrogens with one attached hydrogen (secondary N) is 1. The quantitative estimate of drug-likeness (QED) is 0.525. The van der Waals surface area contributed by atoms with Crippen LogP contribution in [-0.2, 0) is 0 Å². The fourth-order valence-electron chi connectivity index (χ4n) is 1.40. The van der Waals surface area contributed by atoms with Crippen molar-refractivity contribution in [3.63, 3.8) is 0 Å². The van der Waals surface area contributed by atoms with E-state index < -0.39 is 12.2 Å². The smallest absolute Gasteiger partial charge is 0.118 e. The van der Waals surface area contributed by atoms with Crippen molar-refractivity contribution < 1.29 is 20.1 Å². The van der Waals surface area contributed by atoms with Crippen LogP contribution in [0.25, 0.3) is 0 Å². The second-order valence-corrected chi connectivity index (χ2v) is 3.78. The molecule has 5 nitrogen and oxygen atoms in total. The molecule has 1 aromatic rings. The second kappa shape index (κ2) is 7.24. The van der Waals surface area contributed by atoms with Crippen LogP contribution in [0.5, 0.6) is 5.75 Å². The highest BCUT2D eigenvalue weighted by atomic mass is 16.5. The number of aliphatic hydroxyl groups excluding tert-OH is 3. The van der Waals surface area contributed by atoms with Crippen molar-refractivity contribution in [3.05, 3.63) is 29.8 Å². The Kier molecular flexibility index (Phi) is 5.93. The summed E-state index contributed by atoms with van der Waals surface area (Å²) in [6.45, 7) is 0.290. The Labute approximate surface area is 101 Å². The molecule has 0 heterocycles. The van der Waals surface area contributed by atoms with E-state index in [-0.39, 0.29) is 13.2 Å². The number of ether oxygens (including phenoxy) is 1. The van der Waals surface area contributed by atoms with E-state index in [2.05, 4.69) is 5.32 Å². The zero-order chi connectivity index (χ0) is 12.7. The molecule has 17 heavy (non-hydrogen) atoms. The number of methoxy groups -OCH3 is 1. The monoisotopic (exact) mass is 241 g/mol. The van der Waals surface area contributed by atoms with Crippen molar-refractivity contribution in [3.8, 4) is 5.75 Å². The highest BCUT2D eigenvalue weighted by Crippen LogP contribution is 2.16. The van der Waals surface area contributed by atoms with Crippen molar-refractivity contribution in [1.29, 1.82) is 0 Å². The maximum atomic E-state index is 9.82. The normalized spacial score (nSPS) is 14.4. The van der Waals surface area contributed by atoms with E-state index in [1.807, 2.05) is 0 Å². The van der Waals surface area contributed by atoms with Gasteiger partial charge in [0.25, 0.3) is 0 Å². The van der Waals surface area contributed by atoms with Crippen LogP contribution in [0.15, 0.2) is 24.3 Å². The van der Waals surface area contributed by atoms with Gasteiger partial charge in [0.05, 0.1) is 25.9 Å². The minimum atomic E-state index is -0.793. The first-order valence-corrected chi connectivity index (χ1v) is 5.49. The number of benzene rings is 1. The molecule has 96 valence electrons. The summed E-state index contributed by atoms with van der Waals surface area (Å²) in [7, 11) is 1.59. The van der Waals surface area contributed by atoms with E-state index in [0.29, 0.717) is 6.54 Å². The molecule has 1 aromatic carbocycles. The molecule has 0 aromatic heterocycles. The van der Waals surface area contributed by atoms with Crippen LogP contribution in [0.2, 0.25) is 0 Å². The van der Waals surface area contributed by atoms with E-state index in [9.17, 15) is 5.11 Å². The number of hydrogen-bond donors (Lipinski definition) is 4. The molecule has 1 rings (SSSR count). The van der Waals surface area contributed by atoms with Gasteiger partial charge in [-0.15, -0.1) is 0 Å². The minimum absolute atomic E-state index is 0.254. The standard InChI is InChI=1S/C12H19NO4/c1-17-11-4-2-9(3-5-11)12(16)7-13-6-10(15)8-14/h2-5,10,12-16H,6-8H2,1H3. The van der Waals surface area contributed by atoms with Crippen molar-refractivity contribution in [2.75, 3.05) is 26.8 Å². The lowest BCUT2D eigenvalue weighted by molar-refractivity contribution is 0.0891. The van der Waals surface area contributed by atoms with E-state index in [0.717, 1.165) is 11.3 Å². The molecule has 0 radical (unpaired) electrons. The predicted molar refractivity (Wildman–Crippen MR) is 63.9 cm³/mol. The fraction of sp³-hybridized carbons (Fsp3) is 0.500. The Morgan fingerprint density at radius 3 is 2.35 bits per heavy atom. The van der Waals surface area contributed by atoms with E-state index in [1.165, 1.54) is 0 Å². The van der Waals surface area contributed by atoms with Gasteiger partial charge in [0, 0.05) is 13.1 Å². The van der Waals surface area contributed by atoms with Crippen LogP contribution in [0.1, 0.15) is 11.7 Å². The maximum Gasteiger partial charge on any atom is 0.118 e. The van der Waals surface area contributed by atoms with Crippen LogP contribution < -0.4 is 10.1 Å². The van der Waals surface area contributed by atoms with Gasteiger partial charge in [0.15, 0.2) is 0 Å². The molecule has 5 heteroatoms. The molecule has 0 aliphatic rings. The molecule has 0 saturated heterocycles. The third-order valence-corrected chi connectivity index (χ3v) is 2.43. The first kappa shape index (κ1) is 13.9. The third kappa shape index (κ3) is 4.70. The summed E-state index contributed by atoms with van der Waals surface area (Å²) >= 11 is 0. The molecule has 0 fully saturated rings. The molecule has 0 bridgehead atoms. The fourth-order valence-corrected chi connectivity index (χ4v) is 1.40. The average Bonchev–Trinajstić information content (AvgIpc) is 2.38. The van der Waals surface area contributed by atoms with Gasteiger partial charge in [0.2, 0.25) is 0 Å². The van der Waals surface area contributed by atoms with Crippen LogP contribution in [0.3, 0.4) is 0 Å². The summed E-state index contributed by atoms with van der Waals surface area (Å²) in [6.07, 6.45) is -1.44. The SMILES string of the molecule is COc1ccc(C(O)CNCC(O)CO)cc1. The van der Waals surface area contributed by atoms with Crippen LogP contribution in [0, 0.1) is 0 Å². The zero-order valence-electron chi connectivity index (χ0n) is 9.84. The maximum absolute atomic E-state index is 9.82. The van der Waals surface area contributed by atoms with E-state index in [1.54, 1.807) is 31.4 Å². The largest absolute Gasteiger partial charge is 0.497 e. The summed E-state index contributed by atoms with van der Waals surface area (Å²) < 4.78 is 5.02. The van der Waals surface area contributed by atoms with Crippen molar-refractivity contribution in [1.82, 2.24) is 5.32 Å². The average molecular weight is 241 g/mol. The molecule has 2 atom stereocenters. The van der Waals surface area contributed by atoms with Crippen LogP contribution in [0.4, 0.5) is 0 Å². The molecule has 0 aliphatic carbocycles. The molecular formula is C12H19NO4. The predicted octanol–water partition coefficient (Wildman–Crippen LogP) is -0.329. The lowest BCUT2D eigenvalue weighted by Gasteiger charge is -2.14. The Hall–Kier alpha value is -1.14. The van der Waals surface area contributed by atoms with Crippen molar-refractivity contribution >= 4 is 0 Å². The summed E-state index contributed by atoms with van der Waals surface area (Å²) in [4.78, 5) is 0. The van der Waals surface area contributed by atoms with Crippen LogP contribution >= 0.6 is 0 Å². The lowest BCUT2D eigenvalue weighted by Crippen LogP contribution is -2.32. The molecule has 0 spiro atoms. The van der Waals surface area contributed by atoms with Gasteiger partial charge in [-0.2, -0.15) is 0 Å². The second-order valence-electron chi connectivity index (χ2n) is 3.78. The Bertz CT molecular complexity index is 315. The minimum Gasteiger partial charge on any atom is -0.497 e. The summed E-state index contributed by atoms with van der Waals surface area (Å²) in [5.41, 5.74) is 0.775. The van der Waals surface area contributed by atoms with E-state index >= 15 is 0 Å². The molecular weight excluding hydrogens is 222 g/mol. The van der Waals surface area contributed by atoms with Gasteiger partial charge in [0.1, 0.15) is 5.75 Å². The number of aliphatic hydroxyl groups is 3. The number of hydrogen-bond acceptors (Lipinski definition) is 5. The van der Waals surface area contributed by atoms with Gasteiger partial charge < -0.3 is 25.4 Å². The Morgan fingerprint density at radius 2 is 1.82 bits per heavy atom. The lowest BCUT2D eigenvalue weighted by atomic mass is 10.1. The topological polar surface area (TPSA) is 82.0 Å². The van der Waals surface area contributed by atoms with Gasteiger partial charge in [-0.1, -0.05) is 12.1 Å². The Balaban J connectivity index is 2.38. The zero-order valence-corrected chi connectivity index (χ0v) is 9.84. The number of rotatable bonds is 7. The highest BCUT2D eigenvalue weighted by molar-refractivity contribution is 5.28. The van der Waals surface area contributed by atoms with Crippen molar-refractivity contribution in [2.24, 2.45) is 0 Å².